The molecule has 0 radical (unpaired) electrons. The second kappa shape index (κ2) is 5.60. The number of methoxy groups -OCH3 is 1. The number of allylic oxidation sites excluding steroid dienone is 1. The molecule has 0 unspecified atom stereocenters. The number of rotatable bonds is 5. The number of carbonyl (C=O) groups excluding carboxylic acids is 1. The molecule has 2 nitrogen and oxygen atoms in total. The van der Waals surface area contributed by atoms with E-state index in [1.807, 2.05) is 6.08 Å². The predicted molar refractivity (Wildman–Crippen MR) is 58.6 cm³/mol. The van der Waals surface area contributed by atoms with E-state index in [0.29, 0.717) is 6.42 Å². The highest BCUT2D eigenvalue weighted by atomic mass is 32.1. The van der Waals surface area contributed by atoms with E-state index in [4.69, 9.17) is 0 Å². The van der Waals surface area contributed by atoms with Gasteiger partial charge in [-0.1, -0.05) is 6.08 Å². The molecule has 0 saturated heterocycles. The zero-order valence-electron chi connectivity index (χ0n) is 8.29. The SMILES string of the molecule is C=CCc1csc(CCC(=O)OC)c1. The van der Waals surface area contributed by atoms with Gasteiger partial charge in [0.15, 0.2) is 0 Å². The third kappa shape index (κ3) is 3.34. The maximum absolute atomic E-state index is 10.9. The monoisotopic (exact) mass is 210 g/mol. The molecule has 0 aliphatic rings. The highest BCUT2D eigenvalue weighted by Crippen LogP contribution is 2.17. The van der Waals surface area contributed by atoms with Crippen LogP contribution in [0, 0.1) is 0 Å². The smallest absolute Gasteiger partial charge is 0.305 e. The average molecular weight is 210 g/mol. The van der Waals surface area contributed by atoms with Crippen molar-refractivity contribution in [3.8, 4) is 0 Å². The molecule has 0 saturated carbocycles. The number of thiophene rings is 1. The molecule has 1 heterocycles. The normalized spacial score (nSPS) is 9.79. The van der Waals surface area contributed by atoms with Gasteiger partial charge in [0.2, 0.25) is 0 Å². The van der Waals surface area contributed by atoms with Crippen LogP contribution in [0.4, 0.5) is 0 Å². The standard InChI is InChI=1S/C11H14O2S/c1-3-4-9-7-10(14-8-9)5-6-11(12)13-2/h3,7-8H,1,4-6H2,2H3. The van der Waals surface area contributed by atoms with Crippen molar-refractivity contribution in [1.82, 2.24) is 0 Å². The Morgan fingerprint density at radius 3 is 3.14 bits per heavy atom. The van der Waals surface area contributed by atoms with E-state index in [2.05, 4.69) is 22.8 Å². The van der Waals surface area contributed by atoms with Crippen LogP contribution in [-0.2, 0) is 22.4 Å². The highest BCUT2D eigenvalue weighted by molar-refractivity contribution is 7.10. The molecule has 1 rings (SSSR count). The number of carbonyl (C=O) groups is 1. The van der Waals surface area contributed by atoms with Crippen LogP contribution in [0.1, 0.15) is 16.9 Å². The van der Waals surface area contributed by atoms with Gasteiger partial charge in [-0.3, -0.25) is 4.79 Å². The first-order valence-electron chi connectivity index (χ1n) is 4.50. The average Bonchev–Trinajstić information content (AvgIpc) is 2.63. The first-order chi connectivity index (χ1) is 6.76. The van der Waals surface area contributed by atoms with Crippen molar-refractivity contribution in [1.29, 1.82) is 0 Å². The fraction of sp³-hybridized carbons (Fsp3) is 0.364. The van der Waals surface area contributed by atoms with Gasteiger partial charge in [0, 0.05) is 4.88 Å². The third-order valence-corrected chi connectivity index (χ3v) is 2.94. The van der Waals surface area contributed by atoms with Gasteiger partial charge in [-0.2, -0.15) is 0 Å². The number of hydrogen-bond donors (Lipinski definition) is 0. The van der Waals surface area contributed by atoms with Crippen molar-refractivity contribution >= 4 is 17.3 Å². The lowest BCUT2D eigenvalue weighted by Crippen LogP contribution is -2.00. The lowest BCUT2D eigenvalue weighted by molar-refractivity contribution is -0.140. The molecule has 0 bridgehead atoms. The summed E-state index contributed by atoms with van der Waals surface area (Å²) < 4.78 is 4.58. The Balaban J connectivity index is 2.43. The molecule has 0 spiro atoms. The molecule has 0 atom stereocenters. The summed E-state index contributed by atoms with van der Waals surface area (Å²) in [6.45, 7) is 3.68. The Labute approximate surface area is 88.2 Å². The number of esters is 1. The second-order valence-corrected chi connectivity index (χ2v) is 3.99. The third-order valence-electron chi connectivity index (χ3n) is 1.89. The Morgan fingerprint density at radius 2 is 2.50 bits per heavy atom. The van der Waals surface area contributed by atoms with Crippen molar-refractivity contribution < 1.29 is 9.53 Å². The summed E-state index contributed by atoms with van der Waals surface area (Å²) in [6, 6.07) is 2.12. The van der Waals surface area contributed by atoms with E-state index in [1.165, 1.54) is 17.6 Å². The van der Waals surface area contributed by atoms with Gasteiger partial charge in [0.25, 0.3) is 0 Å². The van der Waals surface area contributed by atoms with Crippen LogP contribution in [0.15, 0.2) is 24.1 Å². The van der Waals surface area contributed by atoms with E-state index in [0.717, 1.165) is 12.8 Å². The van der Waals surface area contributed by atoms with Gasteiger partial charge in [-0.25, -0.2) is 0 Å². The fourth-order valence-corrected chi connectivity index (χ4v) is 2.06. The number of aryl methyl sites for hydroxylation is 1. The summed E-state index contributed by atoms with van der Waals surface area (Å²) in [4.78, 5) is 12.1. The fourth-order valence-electron chi connectivity index (χ4n) is 1.16. The van der Waals surface area contributed by atoms with Crippen LogP contribution in [0.5, 0.6) is 0 Å². The number of hydrogen-bond acceptors (Lipinski definition) is 3. The summed E-state index contributed by atoms with van der Waals surface area (Å²) in [6.07, 6.45) is 4.01. The molecule has 0 aliphatic carbocycles. The van der Waals surface area contributed by atoms with Crippen LogP contribution in [0.25, 0.3) is 0 Å². The van der Waals surface area contributed by atoms with Crippen LogP contribution in [-0.4, -0.2) is 13.1 Å². The first-order valence-corrected chi connectivity index (χ1v) is 5.38. The molecule has 1 aromatic rings. The summed E-state index contributed by atoms with van der Waals surface area (Å²) in [5, 5.41) is 2.11. The maximum atomic E-state index is 10.9. The number of ether oxygens (including phenoxy) is 1. The minimum absolute atomic E-state index is 0.149. The molecule has 0 fully saturated rings. The van der Waals surface area contributed by atoms with Crippen molar-refractivity contribution in [2.75, 3.05) is 7.11 Å². The zero-order chi connectivity index (χ0) is 10.4. The summed E-state index contributed by atoms with van der Waals surface area (Å²) in [7, 11) is 1.42. The Kier molecular flexibility index (Phi) is 4.40. The molecule has 0 aliphatic heterocycles. The molecule has 76 valence electrons. The van der Waals surface area contributed by atoms with Crippen molar-refractivity contribution in [2.45, 2.75) is 19.3 Å². The van der Waals surface area contributed by atoms with Gasteiger partial charge in [-0.05, 0) is 29.9 Å². The van der Waals surface area contributed by atoms with E-state index in [9.17, 15) is 4.79 Å². The molecular weight excluding hydrogens is 196 g/mol. The second-order valence-electron chi connectivity index (χ2n) is 2.99. The quantitative estimate of drug-likeness (QED) is 0.551. The largest absolute Gasteiger partial charge is 0.469 e. The van der Waals surface area contributed by atoms with E-state index in [-0.39, 0.29) is 5.97 Å². The Morgan fingerprint density at radius 1 is 1.71 bits per heavy atom. The molecule has 0 amide bonds. The van der Waals surface area contributed by atoms with Crippen LogP contribution < -0.4 is 0 Å². The molecule has 3 heteroatoms. The molecule has 14 heavy (non-hydrogen) atoms. The van der Waals surface area contributed by atoms with E-state index in [1.54, 1.807) is 11.3 Å². The predicted octanol–water partition coefficient (Wildman–Crippen LogP) is 2.58. The first kappa shape index (κ1) is 11.0. The van der Waals surface area contributed by atoms with Gasteiger partial charge >= 0.3 is 5.97 Å². The summed E-state index contributed by atoms with van der Waals surface area (Å²) in [5.74, 6) is -0.149. The van der Waals surface area contributed by atoms with Crippen LogP contribution in [0.2, 0.25) is 0 Å². The van der Waals surface area contributed by atoms with Gasteiger partial charge < -0.3 is 4.74 Å². The Bertz CT molecular complexity index is 315. The van der Waals surface area contributed by atoms with Crippen molar-refractivity contribution in [3.05, 3.63) is 34.5 Å². The molecule has 1 aromatic heterocycles. The molecule has 0 N–H and O–H groups in total. The van der Waals surface area contributed by atoms with Gasteiger partial charge in [0.05, 0.1) is 13.5 Å². The van der Waals surface area contributed by atoms with Crippen LogP contribution >= 0.6 is 11.3 Å². The summed E-state index contributed by atoms with van der Waals surface area (Å²) >= 11 is 1.69. The minimum Gasteiger partial charge on any atom is -0.469 e. The lowest BCUT2D eigenvalue weighted by atomic mass is 10.2. The van der Waals surface area contributed by atoms with Crippen LogP contribution in [0.3, 0.4) is 0 Å². The summed E-state index contributed by atoms with van der Waals surface area (Å²) in [5.41, 5.74) is 1.27. The minimum atomic E-state index is -0.149. The van der Waals surface area contributed by atoms with E-state index < -0.39 is 0 Å². The topological polar surface area (TPSA) is 26.3 Å². The van der Waals surface area contributed by atoms with Gasteiger partial charge in [0.1, 0.15) is 0 Å². The Hall–Kier alpha value is -1.09. The maximum Gasteiger partial charge on any atom is 0.305 e. The van der Waals surface area contributed by atoms with E-state index >= 15 is 0 Å². The van der Waals surface area contributed by atoms with Crippen molar-refractivity contribution in [2.24, 2.45) is 0 Å². The molecule has 0 aromatic carbocycles. The van der Waals surface area contributed by atoms with Crippen molar-refractivity contribution in [3.63, 3.8) is 0 Å². The van der Waals surface area contributed by atoms with Gasteiger partial charge in [-0.15, -0.1) is 17.9 Å². The highest BCUT2D eigenvalue weighted by Gasteiger charge is 2.03. The zero-order valence-corrected chi connectivity index (χ0v) is 9.10. The lowest BCUT2D eigenvalue weighted by Gasteiger charge is -1.95. The molecular formula is C11H14O2S.